The van der Waals surface area contributed by atoms with Crippen molar-refractivity contribution in [1.82, 2.24) is 4.98 Å². The first-order chi connectivity index (χ1) is 9.11. The molecular weight excluding hydrogens is 254 g/mol. The summed E-state index contributed by atoms with van der Waals surface area (Å²) < 4.78 is 0. The van der Waals surface area contributed by atoms with Crippen molar-refractivity contribution in [1.29, 1.82) is 0 Å². The number of fused-ring (bicyclic) bond motifs is 1. The number of carbonyl (C=O) groups is 1. The Morgan fingerprint density at radius 3 is 2.95 bits per heavy atom. The summed E-state index contributed by atoms with van der Waals surface area (Å²) in [5.41, 5.74) is 1.60. The number of pyridine rings is 1. The molecule has 1 unspecified atom stereocenters. The quantitative estimate of drug-likeness (QED) is 0.640. The summed E-state index contributed by atoms with van der Waals surface area (Å²) in [6.45, 7) is 4.34. The Balaban J connectivity index is 2.23. The van der Waals surface area contributed by atoms with Gasteiger partial charge in [-0.15, -0.1) is 12.6 Å². The first-order valence-corrected chi connectivity index (χ1v) is 7.17. The minimum absolute atomic E-state index is 0.196. The van der Waals surface area contributed by atoms with Gasteiger partial charge in [0.25, 0.3) is 0 Å². The molecule has 0 amide bonds. The zero-order chi connectivity index (χ0) is 13.8. The fourth-order valence-corrected chi connectivity index (χ4v) is 2.39. The van der Waals surface area contributed by atoms with Gasteiger partial charge in [0.1, 0.15) is 0 Å². The van der Waals surface area contributed by atoms with Crippen molar-refractivity contribution in [3.8, 4) is 0 Å². The van der Waals surface area contributed by atoms with Crippen molar-refractivity contribution >= 4 is 29.3 Å². The molecule has 1 aromatic carbocycles. The van der Waals surface area contributed by atoms with Crippen LogP contribution in [-0.2, 0) is 0 Å². The fraction of sp³-hybridized carbons (Fsp3) is 0.375. The zero-order valence-electron chi connectivity index (χ0n) is 11.4. The lowest BCUT2D eigenvalue weighted by Crippen LogP contribution is -2.03. The van der Waals surface area contributed by atoms with Crippen LogP contribution in [0, 0.1) is 5.92 Å². The SMILES string of the molecule is CCC(C)CCC(=O)c1cc(S)c2ncccc2c1. The lowest BCUT2D eigenvalue weighted by atomic mass is 9.97. The molecule has 0 fully saturated rings. The lowest BCUT2D eigenvalue weighted by molar-refractivity contribution is 0.0974. The second-order valence-corrected chi connectivity index (χ2v) is 5.53. The fourth-order valence-electron chi connectivity index (χ4n) is 2.06. The van der Waals surface area contributed by atoms with E-state index in [2.05, 4.69) is 31.5 Å². The summed E-state index contributed by atoms with van der Waals surface area (Å²) in [6.07, 6.45) is 4.41. The van der Waals surface area contributed by atoms with E-state index < -0.39 is 0 Å². The highest BCUT2D eigenvalue weighted by Crippen LogP contribution is 2.23. The number of carbonyl (C=O) groups excluding carboxylic acids is 1. The standard InChI is InChI=1S/C16H19NOS/c1-3-11(2)6-7-14(18)13-9-12-5-4-8-17-16(12)15(19)10-13/h4-5,8-11,19H,3,6-7H2,1-2H3. The van der Waals surface area contributed by atoms with Crippen LogP contribution in [0.2, 0.25) is 0 Å². The number of hydrogen-bond acceptors (Lipinski definition) is 3. The largest absolute Gasteiger partial charge is 0.294 e. The molecule has 0 bridgehead atoms. The zero-order valence-corrected chi connectivity index (χ0v) is 12.3. The molecule has 0 saturated carbocycles. The maximum Gasteiger partial charge on any atom is 0.162 e. The Morgan fingerprint density at radius 1 is 1.42 bits per heavy atom. The average molecular weight is 273 g/mol. The van der Waals surface area contributed by atoms with Gasteiger partial charge in [0, 0.05) is 28.5 Å². The van der Waals surface area contributed by atoms with Gasteiger partial charge in [0.05, 0.1) is 5.52 Å². The number of thiol groups is 1. The van der Waals surface area contributed by atoms with Gasteiger partial charge in [-0.05, 0) is 30.5 Å². The van der Waals surface area contributed by atoms with Gasteiger partial charge in [-0.1, -0.05) is 26.3 Å². The topological polar surface area (TPSA) is 30.0 Å². The van der Waals surface area contributed by atoms with Gasteiger partial charge >= 0.3 is 0 Å². The first-order valence-electron chi connectivity index (χ1n) is 6.72. The summed E-state index contributed by atoms with van der Waals surface area (Å²) in [5, 5.41) is 0.974. The molecule has 1 heterocycles. The predicted molar refractivity (Wildman–Crippen MR) is 82.0 cm³/mol. The van der Waals surface area contributed by atoms with Crippen molar-refractivity contribution in [2.24, 2.45) is 5.92 Å². The van der Waals surface area contributed by atoms with Gasteiger partial charge in [-0.2, -0.15) is 0 Å². The third-order valence-electron chi connectivity index (χ3n) is 3.57. The number of rotatable bonds is 5. The summed E-state index contributed by atoms with van der Waals surface area (Å²) in [6, 6.07) is 7.59. The van der Waals surface area contributed by atoms with E-state index in [4.69, 9.17) is 0 Å². The highest BCUT2D eigenvalue weighted by atomic mass is 32.1. The molecule has 0 spiro atoms. The Hall–Kier alpha value is -1.35. The number of nitrogens with zero attached hydrogens (tertiary/aromatic N) is 1. The first kappa shape index (κ1) is 14.1. The third kappa shape index (κ3) is 3.35. The summed E-state index contributed by atoms with van der Waals surface area (Å²) in [4.78, 5) is 17.3. The molecule has 0 aliphatic carbocycles. The molecule has 3 heteroatoms. The second-order valence-electron chi connectivity index (χ2n) is 5.05. The van der Waals surface area contributed by atoms with E-state index in [1.807, 2.05) is 24.3 Å². The molecule has 2 nitrogen and oxygen atoms in total. The highest BCUT2D eigenvalue weighted by Gasteiger charge is 2.11. The van der Waals surface area contributed by atoms with Crippen LogP contribution in [0.5, 0.6) is 0 Å². The summed E-state index contributed by atoms with van der Waals surface area (Å²) in [7, 11) is 0. The van der Waals surface area contributed by atoms with Crippen molar-refractivity contribution in [2.45, 2.75) is 38.0 Å². The van der Waals surface area contributed by atoms with Crippen LogP contribution in [0.25, 0.3) is 10.9 Å². The van der Waals surface area contributed by atoms with E-state index in [9.17, 15) is 4.79 Å². The smallest absolute Gasteiger partial charge is 0.162 e. The summed E-state index contributed by atoms with van der Waals surface area (Å²) in [5.74, 6) is 0.794. The molecule has 0 radical (unpaired) electrons. The Kier molecular flexibility index (Phi) is 4.59. The van der Waals surface area contributed by atoms with E-state index in [0.29, 0.717) is 12.3 Å². The molecule has 1 atom stereocenters. The third-order valence-corrected chi connectivity index (χ3v) is 3.91. The molecule has 2 rings (SSSR count). The van der Waals surface area contributed by atoms with Crippen molar-refractivity contribution in [3.05, 3.63) is 36.0 Å². The molecule has 2 aromatic rings. The van der Waals surface area contributed by atoms with Gasteiger partial charge in [-0.3, -0.25) is 9.78 Å². The van der Waals surface area contributed by atoms with Crippen molar-refractivity contribution < 1.29 is 4.79 Å². The van der Waals surface area contributed by atoms with Crippen LogP contribution in [0.4, 0.5) is 0 Å². The van der Waals surface area contributed by atoms with Crippen LogP contribution >= 0.6 is 12.6 Å². The maximum absolute atomic E-state index is 12.2. The van der Waals surface area contributed by atoms with Gasteiger partial charge < -0.3 is 0 Å². The molecule has 0 aliphatic heterocycles. The van der Waals surface area contributed by atoms with Gasteiger partial charge in [0.15, 0.2) is 5.78 Å². The van der Waals surface area contributed by atoms with Gasteiger partial charge in [0.2, 0.25) is 0 Å². The monoisotopic (exact) mass is 273 g/mol. The second kappa shape index (κ2) is 6.20. The molecule has 100 valence electrons. The number of Topliss-reactive ketones (excluding diaryl/α,β-unsaturated/α-hetero) is 1. The minimum atomic E-state index is 0.196. The molecular formula is C16H19NOS. The minimum Gasteiger partial charge on any atom is -0.294 e. The number of aromatic nitrogens is 1. The van der Waals surface area contributed by atoms with E-state index >= 15 is 0 Å². The lowest BCUT2D eigenvalue weighted by Gasteiger charge is -2.08. The average Bonchev–Trinajstić information content (AvgIpc) is 2.44. The van der Waals surface area contributed by atoms with E-state index in [-0.39, 0.29) is 5.78 Å². The van der Waals surface area contributed by atoms with Crippen LogP contribution < -0.4 is 0 Å². The van der Waals surface area contributed by atoms with Crippen LogP contribution in [-0.4, -0.2) is 10.8 Å². The van der Waals surface area contributed by atoms with Crippen LogP contribution in [0.15, 0.2) is 35.4 Å². The van der Waals surface area contributed by atoms with Gasteiger partial charge in [-0.25, -0.2) is 0 Å². The predicted octanol–water partition coefficient (Wildman–Crippen LogP) is 4.53. The maximum atomic E-state index is 12.2. The highest BCUT2D eigenvalue weighted by molar-refractivity contribution is 7.80. The molecule has 19 heavy (non-hydrogen) atoms. The van der Waals surface area contributed by atoms with Crippen molar-refractivity contribution in [3.63, 3.8) is 0 Å². The Bertz CT molecular complexity index is 594. The molecule has 0 saturated heterocycles. The number of benzene rings is 1. The van der Waals surface area contributed by atoms with E-state index in [0.717, 1.165) is 34.2 Å². The number of hydrogen-bond donors (Lipinski definition) is 1. The molecule has 0 N–H and O–H groups in total. The van der Waals surface area contributed by atoms with E-state index in [1.54, 1.807) is 6.20 Å². The van der Waals surface area contributed by atoms with Crippen molar-refractivity contribution in [2.75, 3.05) is 0 Å². The van der Waals surface area contributed by atoms with Crippen LogP contribution in [0.1, 0.15) is 43.5 Å². The van der Waals surface area contributed by atoms with Crippen LogP contribution in [0.3, 0.4) is 0 Å². The van der Waals surface area contributed by atoms with E-state index in [1.165, 1.54) is 0 Å². The molecule has 0 aliphatic rings. The normalized spacial score (nSPS) is 12.6. The summed E-state index contributed by atoms with van der Waals surface area (Å²) >= 11 is 4.43. The molecule has 1 aromatic heterocycles. The Labute approximate surface area is 119 Å². The Morgan fingerprint density at radius 2 is 2.21 bits per heavy atom. The number of ketones is 1.